The minimum atomic E-state index is -0.607. The van der Waals surface area contributed by atoms with Crippen LogP contribution >= 0.6 is 0 Å². The molecule has 1 aliphatic carbocycles. The molecule has 1 aliphatic heterocycles. The molecular formula is C28H33N3O4. The van der Waals surface area contributed by atoms with Crippen LogP contribution in [0.1, 0.15) is 42.4 Å². The third kappa shape index (κ3) is 4.72. The minimum absolute atomic E-state index is 0.00417. The van der Waals surface area contributed by atoms with Gasteiger partial charge in [-0.05, 0) is 54.2 Å². The second kappa shape index (κ2) is 10.0. The van der Waals surface area contributed by atoms with E-state index in [0.717, 1.165) is 59.7 Å². The van der Waals surface area contributed by atoms with Crippen molar-refractivity contribution in [2.24, 2.45) is 5.92 Å². The average molecular weight is 476 g/mol. The van der Waals surface area contributed by atoms with Gasteiger partial charge in [-0.15, -0.1) is 0 Å². The van der Waals surface area contributed by atoms with Crippen LogP contribution in [0.4, 0.5) is 0 Å². The molecule has 184 valence electrons. The summed E-state index contributed by atoms with van der Waals surface area (Å²) >= 11 is 0. The molecule has 7 nitrogen and oxygen atoms in total. The molecule has 1 unspecified atom stereocenters. The quantitative estimate of drug-likeness (QED) is 0.541. The number of hydrogen-bond donors (Lipinski definition) is 2. The molecule has 7 heteroatoms. The van der Waals surface area contributed by atoms with Crippen LogP contribution in [-0.4, -0.2) is 48.5 Å². The predicted octanol–water partition coefficient (Wildman–Crippen LogP) is 3.99. The topological polar surface area (TPSA) is 83.7 Å². The first kappa shape index (κ1) is 23.3. The molecule has 0 radical (unpaired) electrons. The fourth-order valence-electron chi connectivity index (χ4n) is 5.49. The second-order valence-corrected chi connectivity index (χ2v) is 9.59. The van der Waals surface area contributed by atoms with Gasteiger partial charge >= 0.3 is 0 Å². The molecule has 2 N–H and O–H groups in total. The number of rotatable bonds is 7. The van der Waals surface area contributed by atoms with E-state index in [0.29, 0.717) is 31.0 Å². The van der Waals surface area contributed by atoms with Gasteiger partial charge in [0.05, 0.1) is 14.2 Å². The fraction of sp³-hybridized carbons (Fsp3) is 0.429. The van der Waals surface area contributed by atoms with Crippen molar-refractivity contribution in [2.75, 3.05) is 20.8 Å². The van der Waals surface area contributed by atoms with E-state index >= 15 is 0 Å². The van der Waals surface area contributed by atoms with E-state index < -0.39 is 6.04 Å². The van der Waals surface area contributed by atoms with Gasteiger partial charge in [0.2, 0.25) is 11.8 Å². The number of aromatic nitrogens is 1. The van der Waals surface area contributed by atoms with Crippen molar-refractivity contribution < 1.29 is 19.1 Å². The number of carbonyl (C=O) groups excluding carboxylic acids is 2. The third-order valence-corrected chi connectivity index (χ3v) is 7.47. The molecule has 0 saturated heterocycles. The number of H-pyrrole nitrogens is 1. The summed E-state index contributed by atoms with van der Waals surface area (Å²) in [7, 11) is 3.25. The lowest BCUT2D eigenvalue weighted by atomic mass is 9.96. The first-order valence-electron chi connectivity index (χ1n) is 12.4. The SMILES string of the molecule is COc1cc2c(cc1OC)CN(C(=O)C(Cc1c[nH]c3ccccc13)NC(=O)C1CCCC1)CC2. The van der Waals surface area contributed by atoms with Gasteiger partial charge < -0.3 is 24.7 Å². The summed E-state index contributed by atoms with van der Waals surface area (Å²) in [4.78, 5) is 32.1. The molecule has 2 aromatic carbocycles. The Hall–Kier alpha value is -3.48. The molecule has 0 bridgehead atoms. The van der Waals surface area contributed by atoms with Crippen LogP contribution in [0.25, 0.3) is 10.9 Å². The lowest BCUT2D eigenvalue weighted by Gasteiger charge is -2.33. The second-order valence-electron chi connectivity index (χ2n) is 9.59. The van der Waals surface area contributed by atoms with Gasteiger partial charge in [-0.1, -0.05) is 31.0 Å². The van der Waals surface area contributed by atoms with Crippen molar-refractivity contribution in [3.63, 3.8) is 0 Å². The Balaban J connectivity index is 1.39. The Bertz CT molecular complexity index is 1230. The Labute approximate surface area is 205 Å². The number of para-hydroxylation sites is 1. The highest BCUT2D eigenvalue weighted by Gasteiger charge is 2.32. The number of fused-ring (bicyclic) bond motifs is 2. The predicted molar refractivity (Wildman–Crippen MR) is 135 cm³/mol. The van der Waals surface area contributed by atoms with Gasteiger partial charge in [0.25, 0.3) is 0 Å². The van der Waals surface area contributed by atoms with E-state index in [1.165, 1.54) is 0 Å². The molecule has 1 fully saturated rings. The molecule has 2 heterocycles. The maximum absolute atomic E-state index is 13.8. The van der Waals surface area contributed by atoms with Gasteiger partial charge in [0.15, 0.2) is 11.5 Å². The summed E-state index contributed by atoms with van der Waals surface area (Å²) in [5, 5.41) is 4.22. The first-order chi connectivity index (χ1) is 17.1. The van der Waals surface area contributed by atoms with E-state index in [9.17, 15) is 9.59 Å². The number of carbonyl (C=O) groups is 2. The Morgan fingerprint density at radius 2 is 1.80 bits per heavy atom. The number of amides is 2. The lowest BCUT2D eigenvalue weighted by molar-refractivity contribution is -0.138. The van der Waals surface area contributed by atoms with E-state index in [2.05, 4.69) is 16.4 Å². The molecule has 2 amide bonds. The smallest absolute Gasteiger partial charge is 0.245 e. The summed E-state index contributed by atoms with van der Waals surface area (Å²) < 4.78 is 10.9. The lowest BCUT2D eigenvalue weighted by Crippen LogP contribution is -2.51. The normalized spacial score (nSPS) is 16.7. The summed E-state index contributed by atoms with van der Waals surface area (Å²) in [6, 6.07) is 11.4. The number of benzene rings is 2. The number of aromatic amines is 1. The molecule has 1 aromatic heterocycles. The number of nitrogens with one attached hydrogen (secondary N) is 2. The Morgan fingerprint density at radius 3 is 2.54 bits per heavy atom. The van der Waals surface area contributed by atoms with Crippen LogP contribution in [0, 0.1) is 5.92 Å². The zero-order chi connectivity index (χ0) is 24.4. The van der Waals surface area contributed by atoms with Crippen molar-refractivity contribution in [3.05, 3.63) is 59.3 Å². The van der Waals surface area contributed by atoms with E-state index in [1.807, 2.05) is 41.4 Å². The molecule has 35 heavy (non-hydrogen) atoms. The summed E-state index contributed by atoms with van der Waals surface area (Å²) in [6.07, 6.45) is 7.10. The maximum Gasteiger partial charge on any atom is 0.245 e. The standard InChI is InChI=1S/C28H33N3O4/c1-34-25-14-19-11-12-31(17-21(19)15-26(25)35-2)28(33)24(30-27(32)18-7-3-4-8-18)13-20-16-29-23-10-6-5-9-22(20)23/h5-6,9-10,14-16,18,24,29H,3-4,7-8,11-13,17H2,1-2H3,(H,30,32). The van der Waals surface area contributed by atoms with Crippen LogP contribution in [0.3, 0.4) is 0 Å². The van der Waals surface area contributed by atoms with Gasteiger partial charge in [0, 0.05) is 42.5 Å². The molecular weight excluding hydrogens is 442 g/mol. The highest BCUT2D eigenvalue weighted by molar-refractivity contribution is 5.90. The Morgan fingerprint density at radius 1 is 1.09 bits per heavy atom. The van der Waals surface area contributed by atoms with E-state index in [1.54, 1.807) is 14.2 Å². The monoisotopic (exact) mass is 475 g/mol. The molecule has 3 aromatic rings. The van der Waals surface area contributed by atoms with Crippen LogP contribution in [0.2, 0.25) is 0 Å². The summed E-state index contributed by atoms with van der Waals surface area (Å²) in [5.74, 6) is 1.33. The molecule has 5 rings (SSSR count). The van der Waals surface area contributed by atoms with Gasteiger partial charge in [-0.25, -0.2) is 0 Å². The summed E-state index contributed by atoms with van der Waals surface area (Å²) in [6.45, 7) is 1.09. The highest BCUT2D eigenvalue weighted by atomic mass is 16.5. The molecule has 0 spiro atoms. The minimum Gasteiger partial charge on any atom is -0.493 e. The van der Waals surface area contributed by atoms with Crippen molar-refractivity contribution in [1.29, 1.82) is 0 Å². The van der Waals surface area contributed by atoms with Crippen LogP contribution in [0.5, 0.6) is 11.5 Å². The highest BCUT2D eigenvalue weighted by Crippen LogP contribution is 2.33. The molecule has 1 atom stereocenters. The third-order valence-electron chi connectivity index (χ3n) is 7.47. The van der Waals surface area contributed by atoms with Crippen molar-refractivity contribution in [3.8, 4) is 11.5 Å². The number of nitrogens with zero attached hydrogens (tertiary/aromatic N) is 1. The van der Waals surface area contributed by atoms with Crippen LogP contribution in [-0.2, 0) is 29.0 Å². The van der Waals surface area contributed by atoms with Crippen LogP contribution in [0.15, 0.2) is 42.6 Å². The van der Waals surface area contributed by atoms with Crippen molar-refractivity contribution in [1.82, 2.24) is 15.2 Å². The van der Waals surface area contributed by atoms with Gasteiger partial charge in [-0.2, -0.15) is 0 Å². The number of methoxy groups -OCH3 is 2. The number of ether oxygens (including phenoxy) is 2. The average Bonchev–Trinajstić information content (AvgIpc) is 3.57. The largest absolute Gasteiger partial charge is 0.493 e. The van der Waals surface area contributed by atoms with E-state index in [-0.39, 0.29) is 17.7 Å². The summed E-state index contributed by atoms with van der Waals surface area (Å²) in [5.41, 5.74) is 4.28. The first-order valence-corrected chi connectivity index (χ1v) is 12.4. The van der Waals surface area contributed by atoms with Gasteiger partial charge in [0.1, 0.15) is 6.04 Å². The zero-order valence-electron chi connectivity index (χ0n) is 20.4. The van der Waals surface area contributed by atoms with Crippen molar-refractivity contribution >= 4 is 22.7 Å². The molecule has 2 aliphatic rings. The van der Waals surface area contributed by atoms with Gasteiger partial charge in [-0.3, -0.25) is 9.59 Å². The maximum atomic E-state index is 13.8. The fourth-order valence-corrected chi connectivity index (χ4v) is 5.49. The number of hydrogen-bond acceptors (Lipinski definition) is 4. The van der Waals surface area contributed by atoms with E-state index in [4.69, 9.17) is 9.47 Å². The molecule has 1 saturated carbocycles. The van der Waals surface area contributed by atoms with Crippen LogP contribution < -0.4 is 14.8 Å². The van der Waals surface area contributed by atoms with Crippen molar-refractivity contribution in [2.45, 2.75) is 51.1 Å². The zero-order valence-corrected chi connectivity index (χ0v) is 20.4. The Kier molecular flexibility index (Phi) is 6.66.